The van der Waals surface area contributed by atoms with Gasteiger partial charge in [0.15, 0.2) is 0 Å². The quantitative estimate of drug-likeness (QED) is 0.0546. The fourth-order valence-electron chi connectivity index (χ4n) is 3.47. The molecule has 0 atom stereocenters. The van der Waals surface area contributed by atoms with Crippen LogP contribution in [0.15, 0.2) is 63.3 Å². The Morgan fingerprint density at radius 1 is 0.510 bits per heavy atom. The van der Waals surface area contributed by atoms with Gasteiger partial charge in [-0.05, 0) is 0 Å². The van der Waals surface area contributed by atoms with E-state index in [1.807, 2.05) is 0 Å². The van der Waals surface area contributed by atoms with Crippen LogP contribution in [0.3, 0.4) is 0 Å². The third kappa shape index (κ3) is 26.5. The van der Waals surface area contributed by atoms with E-state index in [1.165, 1.54) is 38.5 Å². The highest BCUT2D eigenvalue weighted by Crippen LogP contribution is 2.25. The topological polar surface area (TPSA) is 243 Å². The van der Waals surface area contributed by atoms with E-state index in [9.17, 15) is 29.1 Å². The minimum atomic E-state index is -1.44. The summed E-state index contributed by atoms with van der Waals surface area (Å²) in [5.74, 6) is -4.04. The molecular weight excluding hydrogens is 648 g/mol. The normalized spacial score (nSPS) is 11.4. The van der Waals surface area contributed by atoms with Gasteiger partial charge in [0, 0.05) is 30.4 Å². The van der Waals surface area contributed by atoms with Gasteiger partial charge in [0.05, 0.1) is 30.7 Å². The Hall–Kier alpha value is -5.27. The highest BCUT2D eigenvalue weighted by molar-refractivity contribution is 5.82. The van der Waals surface area contributed by atoms with Crippen LogP contribution in [0, 0.1) is 21.6 Å². The van der Waals surface area contributed by atoms with Gasteiger partial charge < -0.3 is 33.5 Å². The van der Waals surface area contributed by atoms with Gasteiger partial charge in [-0.15, -0.1) is 0 Å². The molecule has 0 spiro atoms. The molecular formula is C33H46N2O14. The summed E-state index contributed by atoms with van der Waals surface area (Å²) in [7, 11) is 0. The van der Waals surface area contributed by atoms with Crippen molar-refractivity contribution < 1.29 is 67.1 Å². The molecule has 16 heteroatoms. The lowest BCUT2D eigenvalue weighted by Crippen LogP contribution is -2.46. The number of ether oxygens (including phenoxy) is 6. The summed E-state index contributed by atoms with van der Waals surface area (Å²) in [4.78, 5) is 75.0. The van der Waals surface area contributed by atoms with Crippen LogP contribution in [0.2, 0.25) is 0 Å². The van der Waals surface area contributed by atoms with Gasteiger partial charge in [0.2, 0.25) is 12.2 Å². The van der Waals surface area contributed by atoms with Gasteiger partial charge in [-0.1, -0.05) is 71.4 Å². The van der Waals surface area contributed by atoms with Crippen molar-refractivity contribution in [2.24, 2.45) is 10.8 Å². The number of aliphatic hydroxyl groups excluding tert-OH is 1. The Morgan fingerprint density at radius 3 is 0.918 bits per heavy atom. The average Bonchev–Trinajstić information content (AvgIpc) is 3.13. The molecule has 0 amide bonds. The lowest BCUT2D eigenvalue weighted by atomic mass is 9.90. The Kier molecular flexibility index (Phi) is 30.8. The summed E-state index contributed by atoms with van der Waals surface area (Å²) in [6.07, 6.45) is 15.0. The minimum Gasteiger partial charge on any atom is -0.462 e. The molecule has 0 aromatic carbocycles. The van der Waals surface area contributed by atoms with Crippen molar-refractivity contribution in [3.05, 3.63) is 63.3 Å². The van der Waals surface area contributed by atoms with Crippen LogP contribution in [0.4, 0.5) is 0 Å². The molecule has 1 aliphatic carbocycles. The van der Waals surface area contributed by atoms with Gasteiger partial charge in [0.1, 0.15) is 33.0 Å². The van der Waals surface area contributed by atoms with Crippen molar-refractivity contribution in [2.75, 3.05) is 52.9 Å². The van der Waals surface area contributed by atoms with Gasteiger partial charge in [-0.3, -0.25) is 0 Å². The van der Waals surface area contributed by atoms with Gasteiger partial charge in [-0.2, -0.15) is 0 Å². The van der Waals surface area contributed by atoms with Gasteiger partial charge in [-0.25, -0.2) is 44.4 Å². The number of rotatable bonds is 20. The number of hydrogen-bond donors (Lipinski definition) is 3. The van der Waals surface area contributed by atoms with Crippen LogP contribution in [0.1, 0.15) is 38.5 Å². The zero-order valence-electron chi connectivity index (χ0n) is 27.6. The Bertz CT molecular complexity index is 1040. The zero-order chi connectivity index (χ0) is 38.0. The second-order valence-electron chi connectivity index (χ2n) is 10.0. The molecule has 0 heterocycles. The van der Waals surface area contributed by atoms with E-state index in [0.29, 0.717) is 0 Å². The van der Waals surface area contributed by atoms with Crippen LogP contribution in [-0.4, -0.2) is 100.0 Å². The van der Waals surface area contributed by atoms with Crippen LogP contribution in [-0.2, 0) is 62.0 Å². The standard InChI is InChI=1S/C25H32O12.C6H12.2CHNO/c1-6-19(27)33-14-24(11-26,15-34-20(28)7-2)12-32-13-25(16-35-21(29)8-3,17-36-22(30)9-4)18-37-23(31)10-5;1-2-4-6-5-3-1;2*2-1-3/h6-10,26H,1-5,11-18H2;1-6H2;2*2H. The number of nitrogens with one attached hydrogen (secondary N) is 2. The predicted molar refractivity (Wildman–Crippen MR) is 173 cm³/mol. The first-order valence-corrected chi connectivity index (χ1v) is 14.6. The summed E-state index contributed by atoms with van der Waals surface area (Å²) < 4.78 is 31.1. The Balaban J connectivity index is -0.00000148. The number of carbonyl (C=O) groups is 5. The number of carbonyl (C=O) groups excluding carboxylic acids is 7. The molecule has 1 rings (SSSR count). The number of isocyanates is 2. The van der Waals surface area contributed by atoms with E-state index in [1.54, 1.807) is 0 Å². The van der Waals surface area contributed by atoms with Crippen LogP contribution in [0.5, 0.6) is 0 Å². The molecule has 16 nitrogen and oxygen atoms in total. The third-order valence-electron chi connectivity index (χ3n) is 6.09. The largest absolute Gasteiger partial charge is 0.462 e. The van der Waals surface area contributed by atoms with Crippen molar-refractivity contribution in [3.8, 4) is 0 Å². The van der Waals surface area contributed by atoms with E-state index in [0.717, 1.165) is 42.5 Å². The van der Waals surface area contributed by atoms with Crippen LogP contribution in [0.25, 0.3) is 0 Å². The van der Waals surface area contributed by atoms with Crippen LogP contribution >= 0.6 is 0 Å². The molecule has 0 bridgehead atoms. The summed E-state index contributed by atoms with van der Waals surface area (Å²) in [5.41, 5.74) is -2.87. The lowest BCUT2D eigenvalue weighted by Gasteiger charge is -2.34. The van der Waals surface area contributed by atoms with Gasteiger partial charge in [0.25, 0.3) is 0 Å². The van der Waals surface area contributed by atoms with E-state index in [2.05, 4.69) is 32.9 Å². The van der Waals surface area contributed by atoms with Crippen molar-refractivity contribution in [1.29, 1.82) is 10.8 Å². The molecule has 1 aliphatic rings. The second-order valence-corrected chi connectivity index (χ2v) is 10.0. The molecule has 0 aromatic rings. The maximum absolute atomic E-state index is 11.7. The van der Waals surface area contributed by atoms with Crippen molar-refractivity contribution in [3.63, 3.8) is 0 Å². The molecule has 0 aromatic heterocycles. The van der Waals surface area contributed by atoms with E-state index < -0.39 is 80.3 Å². The first-order valence-electron chi connectivity index (χ1n) is 14.6. The maximum Gasteiger partial charge on any atom is 0.330 e. The third-order valence-corrected chi connectivity index (χ3v) is 6.09. The Labute approximate surface area is 285 Å². The lowest BCUT2D eigenvalue weighted by molar-refractivity contribution is -0.166. The predicted octanol–water partition coefficient (Wildman–Crippen LogP) is 2.76. The molecule has 0 radical (unpaired) electrons. The maximum atomic E-state index is 11.7. The second kappa shape index (κ2) is 31.3. The monoisotopic (exact) mass is 694 g/mol. The van der Waals surface area contributed by atoms with E-state index >= 15 is 0 Å². The van der Waals surface area contributed by atoms with E-state index in [-0.39, 0.29) is 13.2 Å². The first-order chi connectivity index (χ1) is 23.4. The fourth-order valence-corrected chi connectivity index (χ4v) is 3.47. The number of hydrogen-bond acceptors (Lipinski definition) is 16. The first kappa shape index (κ1) is 48.1. The highest BCUT2D eigenvalue weighted by Gasteiger charge is 2.39. The zero-order valence-corrected chi connectivity index (χ0v) is 27.6. The van der Waals surface area contributed by atoms with Crippen LogP contribution < -0.4 is 0 Å². The molecule has 49 heavy (non-hydrogen) atoms. The SMILES string of the molecule is C1CCCCC1.C=CC(=O)OCC(CO)(COCC(COC(=O)C=C)(COC(=O)C=C)COC(=O)C=C)COC(=O)C=C.N=C=O.N=C=O. The highest BCUT2D eigenvalue weighted by atomic mass is 16.6. The summed E-state index contributed by atoms with van der Waals surface area (Å²) in [6, 6.07) is 0. The molecule has 1 fully saturated rings. The molecule has 1 saturated carbocycles. The molecule has 0 aliphatic heterocycles. The fraction of sp³-hybridized carbons (Fsp3) is 0.485. The average molecular weight is 695 g/mol. The van der Waals surface area contributed by atoms with Crippen molar-refractivity contribution >= 4 is 42.0 Å². The van der Waals surface area contributed by atoms with Crippen molar-refractivity contribution in [2.45, 2.75) is 38.5 Å². The van der Waals surface area contributed by atoms with E-state index in [4.69, 9.17) is 48.8 Å². The smallest absolute Gasteiger partial charge is 0.330 e. The molecule has 0 saturated heterocycles. The van der Waals surface area contributed by atoms with Gasteiger partial charge >= 0.3 is 29.8 Å². The number of esters is 5. The number of aliphatic hydroxyl groups is 1. The molecule has 272 valence electrons. The summed E-state index contributed by atoms with van der Waals surface area (Å²) in [6.45, 7) is 12.8. The summed E-state index contributed by atoms with van der Waals surface area (Å²) >= 11 is 0. The summed E-state index contributed by atoms with van der Waals surface area (Å²) in [5, 5.41) is 20.9. The minimum absolute atomic E-state index is 0.375. The van der Waals surface area contributed by atoms with Crippen molar-refractivity contribution in [1.82, 2.24) is 0 Å². The Morgan fingerprint density at radius 2 is 0.714 bits per heavy atom. The molecule has 0 unspecified atom stereocenters. The molecule has 3 N–H and O–H groups in total.